The SMILES string of the molecule is CC(C)[C@H](NCCc1cncn1C)C(=O)NCc1cccc(Cl)c1Cl. The molecule has 1 aromatic carbocycles. The summed E-state index contributed by atoms with van der Waals surface area (Å²) in [6, 6.07) is 5.13. The standard InChI is InChI=1S/C18H24Cl2N4O/c1-12(2)17(22-8-7-14-10-21-11-24(14)3)18(25)23-9-13-5-4-6-15(19)16(13)20/h4-6,10-12,17,22H,7-9H2,1-3H3,(H,23,25)/t17-/m0/s1. The number of imidazole rings is 1. The van der Waals surface area contributed by atoms with E-state index in [1.807, 2.05) is 43.8 Å². The van der Waals surface area contributed by atoms with E-state index in [9.17, 15) is 4.79 Å². The van der Waals surface area contributed by atoms with Gasteiger partial charge in [-0.15, -0.1) is 0 Å². The lowest BCUT2D eigenvalue weighted by molar-refractivity contribution is -0.124. The van der Waals surface area contributed by atoms with Gasteiger partial charge in [0.15, 0.2) is 0 Å². The van der Waals surface area contributed by atoms with Gasteiger partial charge in [-0.1, -0.05) is 49.2 Å². The molecular formula is C18H24Cl2N4O. The first-order valence-corrected chi connectivity index (χ1v) is 9.05. The summed E-state index contributed by atoms with van der Waals surface area (Å²) in [5, 5.41) is 7.25. The number of aromatic nitrogens is 2. The van der Waals surface area contributed by atoms with E-state index in [4.69, 9.17) is 23.2 Å². The van der Waals surface area contributed by atoms with Gasteiger partial charge in [-0.2, -0.15) is 0 Å². The number of aryl methyl sites for hydroxylation is 1. The number of carbonyl (C=O) groups is 1. The Morgan fingerprint density at radius 3 is 2.72 bits per heavy atom. The zero-order valence-corrected chi connectivity index (χ0v) is 16.2. The Balaban J connectivity index is 1.89. The lowest BCUT2D eigenvalue weighted by atomic mass is 10.0. The molecule has 0 aliphatic carbocycles. The van der Waals surface area contributed by atoms with Crippen LogP contribution < -0.4 is 10.6 Å². The molecule has 0 fully saturated rings. The predicted molar refractivity (Wildman–Crippen MR) is 102 cm³/mol. The fraction of sp³-hybridized carbons (Fsp3) is 0.444. The van der Waals surface area contributed by atoms with Crippen LogP contribution in [0.25, 0.3) is 0 Å². The van der Waals surface area contributed by atoms with Crippen molar-refractivity contribution < 1.29 is 4.79 Å². The van der Waals surface area contributed by atoms with E-state index in [0.29, 0.717) is 23.1 Å². The van der Waals surface area contributed by atoms with Crippen molar-refractivity contribution in [3.63, 3.8) is 0 Å². The first-order valence-electron chi connectivity index (χ1n) is 8.29. The summed E-state index contributed by atoms with van der Waals surface area (Å²) >= 11 is 12.2. The van der Waals surface area contributed by atoms with Gasteiger partial charge in [0.2, 0.25) is 5.91 Å². The smallest absolute Gasteiger partial charge is 0.237 e. The number of amides is 1. The molecule has 1 heterocycles. The molecular weight excluding hydrogens is 359 g/mol. The third-order valence-corrected chi connectivity index (χ3v) is 4.95. The molecule has 25 heavy (non-hydrogen) atoms. The molecule has 0 spiro atoms. The Labute approximate surface area is 158 Å². The van der Waals surface area contributed by atoms with Gasteiger partial charge < -0.3 is 15.2 Å². The van der Waals surface area contributed by atoms with E-state index >= 15 is 0 Å². The average molecular weight is 383 g/mol. The molecule has 2 rings (SSSR count). The second-order valence-electron chi connectivity index (χ2n) is 6.35. The molecule has 2 N–H and O–H groups in total. The lowest BCUT2D eigenvalue weighted by Crippen LogP contribution is -2.47. The second-order valence-corrected chi connectivity index (χ2v) is 7.14. The maximum atomic E-state index is 12.5. The second kappa shape index (κ2) is 9.22. The summed E-state index contributed by atoms with van der Waals surface area (Å²) < 4.78 is 1.98. The first-order chi connectivity index (χ1) is 11.9. The molecule has 136 valence electrons. The third kappa shape index (κ3) is 5.46. The Bertz CT molecular complexity index is 715. The molecule has 1 atom stereocenters. The van der Waals surface area contributed by atoms with E-state index in [2.05, 4.69) is 15.6 Å². The quantitative estimate of drug-likeness (QED) is 0.736. The molecule has 0 aliphatic rings. The molecule has 1 amide bonds. The maximum Gasteiger partial charge on any atom is 0.237 e. The number of nitrogens with zero attached hydrogens (tertiary/aromatic N) is 2. The number of hydrogen-bond donors (Lipinski definition) is 2. The fourth-order valence-electron chi connectivity index (χ4n) is 2.59. The van der Waals surface area contributed by atoms with E-state index in [1.165, 1.54) is 0 Å². The molecule has 0 saturated heterocycles. The molecule has 1 aromatic heterocycles. The van der Waals surface area contributed by atoms with Gasteiger partial charge in [0.05, 0.1) is 22.4 Å². The molecule has 5 nitrogen and oxygen atoms in total. The van der Waals surface area contributed by atoms with E-state index in [1.54, 1.807) is 12.4 Å². The van der Waals surface area contributed by atoms with Gasteiger partial charge in [0, 0.05) is 38.4 Å². The highest BCUT2D eigenvalue weighted by atomic mass is 35.5. The van der Waals surface area contributed by atoms with Gasteiger partial charge in [-0.25, -0.2) is 4.98 Å². The van der Waals surface area contributed by atoms with Crippen LogP contribution >= 0.6 is 23.2 Å². The summed E-state index contributed by atoms with van der Waals surface area (Å²) in [5.74, 6) is 0.123. The van der Waals surface area contributed by atoms with Crippen molar-refractivity contribution in [1.82, 2.24) is 20.2 Å². The van der Waals surface area contributed by atoms with Crippen LogP contribution in [0.3, 0.4) is 0 Å². The predicted octanol–water partition coefficient (Wildman–Crippen LogP) is 3.20. The largest absolute Gasteiger partial charge is 0.351 e. The van der Waals surface area contributed by atoms with Crippen molar-refractivity contribution >= 4 is 29.1 Å². The zero-order valence-electron chi connectivity index (χ0n) is 14.7. The fourth-order valence-corrected chi connectivity index (χ4v) is 2.98. The van der Waals surface area contributed by atoms with Crippen LogP contribution in [0.1, 0.15) is 25.1 Å². The van der Waals surface area contributed by atoms with Crippen LogP contribution in [0.15, 0.2) is 30.7 Å². The number of benzene rings is 1. The van der Waals surface area contributed by atoms with Gasteiger partial charge in [-0.3, -0.25) is 4.79 Å². The van der Waals surface area contributed by atoms with Gasteiger partial charge in [0.25, 0.3) is 0 Å². The maximum absolute atomic E-state index is 12.5. The van der Waals surface area contributed by atoms with Crippen LogP contribution in [-0.2, 0) is 24.8 Å². The van der Waals surface area contributed by atoms with Crippen LogP contribution in [0.5, 0.6) is 0 Å². The van der Waals surface area contributed by atoms with Crippen LogP contribution in [-0.4, -0.2) is 28.0 Å². The highest BCUT2D eigenvalue weighted by Gasteiger charge is 2.21. The van der Waals surface area contributed by atoms with Crippen LogP contribution in [0.2, 0.25) is 10.0 Å². The normalized spacial score (nSPS) is 12.4. The van der Waals surface area contributed by atoms with Gasteiger partial charge in [-0.05, 0) is 17.5 Å². The Morgan fingerprint density at radius 1 is 1.32 bits per heavy atom. The average Bonchev–Trinajstić information content (AvgIpc) is 2.97. The van der Waals surface area contributed by atoms with Crippen molar-refractivity contribution in [2.24, 2.45) is 13.0 Å². The van der Waals surface area contributed by atoms with E-state index in [0.717, 1.165) is 17.7 Å². The Morgan fingerprint density at radius 2 is 2.08 bits per heavy atom. The van der Waals surface area contributed by atoms with Crippen molar-refractivity contribution in [3.8, 4) is 0 Å². The number of hydrogen-bond acceptors (Lipinski definition) is 3. The number of halogens is 2. The van der Waals surface area contributed by atoms with E-state index < -0.39 is 0 Å². The summed E-state index contributed by atoms with van der Waals surface area (Å²) in [6.45, 7) is 5.10. The topological polar surface area (TPSA) is 59.0 Å². The van der Waals surface area contributed by atoms with Crippen LogP contribution in [0.4, 0.5) is 0 Å². The van der Waals surface area contributed by atoms with Crippen molar-refractivity contribution in [2.75, 3.05) is 6.54 Å². The minimum Gasteiger partial charge on any atom is -0.351 e. The molecule has 2 aromatic rings. The monoisotopic (exact) mass is 382 g/mol. The highest BCUT2D eigenvalue weighted by Crippen LogP contribution is 2.25. The van der Waals surface area contributed by atoms with Crippen molar-refractivity contribution in [1.29, 1.82) is 0 Å². The molecule has 0 aliphatic heterocycles. The van der Waals surface area contributed by atoms with Crippen molar-refractivity contribution in [3.05, 3.63) is 52.0 Å². The molecule has 0 unspecified atom stereocenters. The Kier molecular flexibility index (Phi) is 7.29. The van der Waals surface area contributed by atoms with Gasteiger partial charge >= 0.3 is 0 Å². The van der Waals surface area contributed by atoms with Gasteiger partial charge in [0.1, 0.15) is 0 Å². The Hall–Kier alpha value is -1.56. The lowest BCUT2D eigenvalue weighted by Gasteiger charge is -2.22. The summed E-state index contributed by atoms with van der Waals surface area (Å²) in [5.41, 5.74) is 1.93. The third-order valence-electron chi connectivity index (χ3n) is 4.10. The molecule has 7 heteroatoms. The zero-order chi connectivity index (χ0) is 18.4. The summed E-state index contributed by atoms with van der Waals surface area (Å²) in [6.07, 6.45) is 4.43. The minimum atomic E-state index is -0.272. The van der Waals surface area contributed by atoms with Crippen LogP contribution in [0, 0.1) is 5.92 Å². The summed E-state index contributed by atoms with van der Waals surface area (Å²) in [7, 11) is 1.96. The van der Waals surface area contributed by atoms with E-state index in [-0.39, 0.29) is 17.9 Å². The first kappa shape index (κ1) is 19.8. The molecule has 0 saturated carbocycles. The number of nitrogens with one attached hydrogen (secondary N) is 2. The van der Waals surface area contributed by atoms with Crippen molar-refractivity contribution in [2.45, 2.75) is 32.9 Å². The molecule has 0 bridgehead atoms. The number of carbonyl (C=O) groups excluding carboxylic acids is 1. The molecule has 0 radical (unpaired) electrons. The number of rotatable bonds is 8. The highest BCUT2D eigenvalue weighted by molar-refractivity contribution is 6.42. The minimum absolute atomic E-state index is 0.0453. The summed E-state index contributed by atoms with van der Waals surface area (Å²) in [4.78, 5) is 16.6.